The van der Waals surface area contributed by atoms with Crippen LogP contribution in [0.4, 0.5) is 0 Å². The number of amides is 1. The maximum Gasteiger partial charge on any atom is 0.265 e. The smallest absolute Gasteiger partial charge is 0.265 e. The monoisotopic (exact) mass is 167 g/mol. The Morgan fingerprint density at radius 1 is 1.42 bits per heavy atom. The van der Waals surface area contributed by atoms with Crippen molar-refractivity contribution in [3.8, 4) is 0 Å². The van der Waals surface area contributed by atoms with E-state index < -0.39 is 5.91 Å². The normalized spacial score (nSPS) is 17.2. The SMILES string of the molecule is CC(C)(C)C1=NN=C(C(N)=O)C1. The second-order valence-electron chi connectivity index (χ2n) is 3.88. The Morgan fingerprint density at radius 2 is 2.00 bits per heavy atom. The predicted octanol–water partition coefficient (Wildman–Crippen LogP) is 0.719. The van der Waals surface area contributed by atoms with Crippen molar-refractivity contribution in [2.75, 3.05) is 0 Å². The molecule has 0 spiro atoms. The molecule has 1 aliphatic heterocycles. The maximum absolute atomic E-state index is 10.7. The molecule has 0 aromatic rings. The molecule has 0 fully saturated rings. The summed E-state index contributed by atoms with van der Waals surface area (Å²) in [5, 5.41) is 7.63. The van der Waals surface area contributed by atoms with E-state index >= 15 is 0 Å². The molecule has 1 amide bonds. The van der Waals surface area contributed by atoms with Crippen LogP contribution in [-0.4, -0.2) is 17.3 Å². The van der Waals surface area contributed by atoms with Crippen LogP contribution in [0.3, 0.4) is 0 Å². The molecule has 66 valence electrons. The number of hydrogen-bond donors (Lipinski definition) is 1. The van der Waals surface area contributed by atoms with Crippen LogP contribution >= 0.6 is 0 Å². The third kappa shape index (κ3) is 1.69. The van der Waals surface area contributed by atoms with Gasteiger partial charge >= 0.3 is 0 Å². The molecule has 0 bridgehead atoms. The zero-order chi connectivity index (χ0) is 9.35. The van der Waals surface area contributed by atoms with Crippen molar-refractivity contribution in [3.05, 3.63) is 0 Å². The number of nitrogens with two attached hydrogens (primary N) is 1. The molecule has 0 atom stereocenters. The molecule has 0 saturated carbocycles. The van der Waals surface area contributed by atoms with Crippen LogP contribution < -0.4 is 5.73 Å². The molecule has 4 nitrogen and oxygen atoms in total. The maximum atomic E-state index is 10.7. The zero-order valence-corrected chi connectivity index (χ0v) is 7.59. The first kappa shape index (κ1) is 8.90. The average Bonchev–Trinajstić information content (AvgIpc) is 2.30. The molecule has 4 heteroatoms. The fourth-order valence-electron chi connectivity index (χ4n) is 0.902. The summed E-state index contributed by atoms with van der Waals surface area (Å²) < 4.78 is 0. The van der Waals surface area contributed by atoms with Gasteiger partial charge in [-0.1, -0.05) is 20.8 Å². The summed E-state index contributed by atoms with van der Waals surface area (Å²) in [6, 6.07) is 0. The van der Waals surface area contributed by atoms with Gasteiger partial charge < -0.3 is 5.73 Å². The van der Waals surface area contributed by atoms with Gasteiger partial charge in [0.25, 0.3) is 5.91 Å². The zero-order valence-electron chi connectivity index (χ0n) is 7.59. The minimum absolute atomic E-state index is 0.0271. The molecule has 0 aromatic carbocycles. The Kier molecular flexibility index (Phi) is 2.00. The van der Waals surface area contributed by atoms with Gasteiger partial charge in [-0.3, -0.25) is 4.79 Å². The predicted molar refractivity (Wildman–Crippen MR) is 48.1 cm³/mol. The van der Waals surface area contributed by atoms with Crippen LogP contribution in [0.5, 0.6) is 0 Å². The first-order chi connectivity index (χ1) is 5.41. The summed E-state index contributed by atoms with van der Waals surface area (Å²) in [6.07, 6.45) is 0.499. The van der Waals surface area contributed by atoms with Crippen LogP contribution in [-0.2, 0) is 4.79 Å². The van der Waals surface area contributed by atoms with Crippen molar-refractivity contribution >= 4 is 17.3 Å². The van der Waals surface area contributed by atoms with E-state index in [0.717, 1.165) is 5.71 Å². The number of carbonyl (C=O) groups is 1. The van der Waals surface area contributed by atoms with Crippen molar-refractivity contribution in [2.45, 2.75) is 27.2 Å². The van der Waals surface area contributed by atoms with Gasteiger partial charge in [0, 0.05) is 11.8 Å². The van der Waals surface area contributed by atoms with Crippen LogP contribution in [0.1, 0.15) is 27.2 Å². The molecule has 0 saturated heterocycles. The third-order valence-electron chi connectivity index (χ3n) is 1.78. The highest BCUT2D eigenvalue weighted by atomic mass is 16.1. The average molecular weight is 167 g/mol. The summed E-state index contributed by atoms with van der Waals surface area (Å²) in [5.41, 5.74) is 6.31. The number of rotatable bonds is 1. The third-order valence-corrected chi connectivity index (χ3v) is 1.78. The van der Waals surface area contributed by atoms with E-state index in [9.17, 15) is 4.79 Å². The van der Waals surface area contributed by atoms with Gasteiger partial charge in [0.15, 0.2) is 0 Å². The Hall–Kier alpha value is -1.19. The van der Waals surface area contributed by atoms with Crippen molar-refractivity contribution in [2.24, 2.45) is 21.4 Å². The van der Waals surface area contributed by atoms with Gasteiger partial charge in [-0.25, -0.2) is 0 Å². The highest BCUT2D eigenvalue weighted by Gasteiger charge is 2.26. The van der Waals surface area contributed by atoms with E-state index in [0.29, 0.717) is 12.1 Å². The Bertz CT molecular complexity index is 271. The molecular formula is C8H13N3O. The van der Waals surface area contributed by atoms with Gasteiger partial charge in [-0.15, -0.1) is 5.10 Å². The summed E-state index contributed by atoms with van der Waals surface area (Å²) >= 11 is 0. The molecule has 0 radical (unpaired) electrons. The number of nitrogens with zero attached hydrogens (tertiary/aromatic N) is 2. The molecular weight excluding hydrogens is 154 g/mol. The second-order valence-corrected chi connectivity index (χ2v) is 3.88. The van der Waals surface area contributed by atoms with Gasteiger partial charge in [-0.2, -0.15) is 5.10 Å². The van der Waals surface area contributed by atoms with Crippen LogP contribution in [0.25, 0.3) is 0 Å². The minimum Gasteiger partial charge on any atom is -0.364 e. The van der Waals surface area contributed by atoms with Gasteiger partial charge in [0.05, 0.1) is 5.71 Å². The largest absolute Gasteiger partial charge is 0.364 e. The lowest BCUT2D eigenvalue weighted by atomic mass is 9.87. The minimum atomic E-state index is -0.474. The van der Waals surface area contributed by atoms with Gasteiger partial charge in [-0.05, 0) is 0 Å². The highest BCUT2D eigenvalue weighted by molar-refractivity contribution is 6.43. The van der Waals surface area contributed by atoms with Crippen molar-refractivity contribution in [3.63, 3.8) is 0 Å². The number of hydrogen-bond acceptors (Lipinski definition) is 3. The van der Waals surface area contributed by atoms with Gasteiger partial charge in [0.1, 0.15) is 5.71 Å². The molecule has 0 unspecified atom stereocenters. The summed E-state index contributed by atoms with van der Waals surface area (Å²) in [5.74, 6) is -0.474. The second kappa shape index (κ2) is 2.69. The van der Waals surface area contributed by atoms with Crippen LogP contribution in [0.2, 0.25) is 0 Å². The van der Waals surface area contributed by atoms with E-state index in [2.05, 4.69) is 10.2 Å². The highest BCUT2D eigenvalue weighted by Crippen LogP contribution is 2.22. The molecule has 1 heterocycles. The lowest BCUT2D eigenvalue weighted by Crippen LogP contribution is -2.27. The van der Waals surface area contributed by atoms with Crippen LogP contribution in [0.15, 0.2) is 10.2 Å². The molecule has 0 aliphatic carbocycles. The summed E-state index contributed by atoms with van der Waals surface area (Å²) in [6.45, 7) is 6.10. The Balaban J connectivity index is 2.69. The van der Waals surface area contributed by atoms with Gasteiger partial charge in [0.2, 0.25) is 0 Å². The molecule has 0 aromatic heterocycles. The standard InChI is InChI=1S/C8H13N3O/c1-8(2,3)6-4-5(7(9)12)10-11-6/h4H2,1-3H3,(H2,9,12). The van der Waals surface area contributed by atoms with E-state index in [1.165, 1.54) is 0 Å². The molecule has 1 rings (SSSR count). The Labute approximate surface area is 71.6 Å². The van der Waals surface area contributed by atoms with E-state index in [-0.39, 0.29) is 5.41 Å². The lowest BCUT2D eigenvalue weighted by Gasteiger charge is -2.16. The molecule has 2 N–H and O–H groups in total. The first-order valence-electron chi connectivity index (χ1n) is 3.85. The number of primary amides is 1. The fourth-order valence-corrected chi connectivity index (χ4v) is 0.902. The first-order valence-corrected chi connectivity index (χ1v) is 3.85. The topological polar surface area (TPSA) is 67.8 Å². The van der Waals surface area contributed by atoms with E-state index in [4.69, 9.17) is 5.73 Å². The number of carbonyl (C=O) groups excluding carboxylic acids is 1. The van der Waals surface area contributed by atoms with Crippen molar-refractivity contribution in [1.82, 2.24) is 0 Å². The van der Waals surface area contributed by atoms with E-state index in [1.807, 2.05) is 20.8 Å². The fraction of sp³-hybridized carbons (Fsp3) is 0.625. The quantitative estimate of drug-likeness (QED) is 0.614. The summed E-state index contributed by atoms with van der Waals surface area (Å²) in [4.78, 5) is 10.7. The summed E-state index contributed by atoms with van der Waals surface area (Å²) in [7, 11) is 0. The Morgan fingerprint density at radius 3 is 2.25 bits per heavy atom. The van der Waals surface area contributed by atoms with E-state index in [1.54, 1.807) is 0 Å². The van der Waals surface area contributed by atoms with Crippen molar-refractivity contribution in [1.29, 1.82) is 0 Å². The lowest BCUT2D eigenvalue weighted by molar-refractivity contribution is -0.112. The van der Waals surface area contributed by atoms with Crippen LogP contribution in [0, 0.1) is 5.41 Å². The molecule has 1 aliphatic rings. The van der Waals surface area contributed by atoms with Crippen molar-refractivity contribution < 1.29 is 4.79 Å². The molecule has 12 heavy (non-hydrogen) atoms.